The normalized spacial score (nSPS) is 10.4. The number of aromatic nitrogens is 2. The summed E-state index contributed by atoms with van der Waals surface area (Å²) in [5, 5.41) is 12.9. The van der Waals surface area contributed by atoms with Crippen LogP contribution in [0.4, 0.5) is 11.4 Å². The number of aryl methyl sites for hydroxylation is 5. The molecule has 9 aromatic rings. The Morgan fingerprint density at radius 1 is 0.385 bits per heavy atom. The molecule has 7 aromatic carbocycles. The number of hydrogen-bond donors (Lipinski definition) is 3. The predicted molar refractivity (Wildman–Crippen MR) is 312 cm³/mol. The van der Waals surface area contributed by atoms with Crippen molar-refractivity contribution in [3.05, 3.63) is 251 Å². The van der Waals surface area contributed by atoms with Gasteiger partial charge in [0.25, 0.3) is 0 Å². The Balaban J connectivity index is 0.000000185. The van der Waals surface area contributed by atoms with E-state index < -0.39 is 5.97 Å². The smallest absolute Gasteiger partial charge is 0.305 e. The van der Waals surface area contributed by atoms with Gasteiger partial charge in [-0.25, -0.2) is 0 Å². The van der Waals surface area contributed by atoms with Crippen molar-refractivity contribution in [3.63, 3.8) is 0 Å². The van der Waals surface area contributed by atoms with Gasteiger partial charge in [-0.2, -0.15) is 0 Å². The fraction of sp³-hybridized carbons (Fsp3) is 0.209. The summed E-state index contributed by atoms with van der Waals surface area (Å²) in [6, 6.07) is 59.2. The Hall–Kier alpha value is -9.09. The fourth-order valence-corrected chi connectivity index (χ4v) is 8.36. The topological polar surface area (TPSA) is 193 Å². The number of carbonyl (C=O) groups is 5. The summed E-state index contributed by atoms with van der Waals surface area (Å²) >= 11 is 0. The number of carbonyl (C=O) groups excluding carboxylic acids is 4. The number of pyridine rings is 2. The van der Waals surface area contributed by atoms with Crippen LogP contribution in [0, 0.1) is 0 Å². The average molecular weight is 1040 g/mol. The molecule has 78 heavy (non-hydrogen) atoms. The summed E-state index contributed by atoms with van der Waals surface area (Å²) in [6.07, 6.45) is 14.3. The van der Waals surface area contributed by atoms with E-state index in [9.17, 15) is 24.0 Å². The quantitative estimate of drug-likeness (QED) is 0.0458. The molecule has 0 spiro atoms. The number of ketones is 3. The maximum absolute atomic E-state index is 12.5. The SMILES string of the molecule is COC(=O)CCc1ccc(CC(=O)CCc2ccccc2)cc1.Nc1ccc(CCC(=O)O)cc1.Nc1ccc2cnccc2c1.O=C(CCc1ccccc1)Cc1ccc(CCC(=O)Cc2ccc3cnccc3c2)cc1. The van der Waals surface area contributed by atoms with Crippen LogP contribution in [-0.2, 0) is 80.1 Å². The summed E-state index contributed by atoms with van der Waals surface area (Å²) in [5.41, 5.74) is 21.3. The zero-order valence-electron chi connectivity index (χ0n) is 44.3. The van der Waals surface area contributed by atoms with E-state index in [4.69, 9.17) is 16.6 Å². The first-order valence-electron chi connectivity index (χ1n) is 26.2. The molecule has 0 saturated carbocycles. The lowest BCUT2D eigenvalue weighted by Crippen LogP contribution is -2.05. The molecule has 0 saturated heterocycles. The van der Waals surface area contributed by atoms with Crippen molar-refractivity contribution in [3.8, 4) is 0 Å². The van der Waals surface area contributed by atoms with Crippen LogP contribution in [0.5, 0.6) is 0 Å². The van der Waals surface area contributed by atoms with Crippen molar-refractivity contribution in [2.45, 2.75) is 83.5 Å². The van der Waals surface area contributed by atoms with E-state index >= 15 is 0 Å². The van der Waals surface area contributed by atoms with Crippen LogP contribution in [0.2, 0.25) is 0 Å². The molecule has 5 N–H and O–H groups in total. The van der Waals surface area contributed by atoms with Crippen LogP contribution >= 0.6 is 0 Å². The van der Waals surface area contributed by atoms with Gasteiger partial charge in [-0.15, -0.1) is 0 Å². The molecule has 2 heterocycles. The van der Waals surface area contributed by atoms with Crippen LogP contribution in [0.3, 0.4) is 0 Å². The van der Waals surface area contributed by atoms with Crippen LogP contribution in [0.15, 0.2) is 207 Å². The van der Waals surface area contributed by atoms with Crippen molar-refractivity contribution >= 4 is 62.2 Å². The number of hydrogen-bond acceptors (Lipinski definition) is 10. The zero-order chi connectivity index (χ0) is 55.3. The first-order valence-corrected chi connectivity index (χ1v) is 26.2. The molecule has 0 aliphatic rings. The third-order valence-electron chi connectivity index (χ3n) is 12.8. The number of nitrogens with zero attached hydrogens (tertiary/aromatic N) is 2. The van der Waals surface area contributed by atoms with Gasteiger partial charge in [0, 0.05) is 98.3 Å². The highest BCUT2D eigenvalue weighted by atomic mass is 16.5. The molecule has 398 valence electrons. The van der Waals surface area contributed by atoms with Gasteiger partial charge in [0.2, 0.25) is 0 Å². The van der Waals surface area contributed by atoms with Crippen molar-refractivity contribution in [1.82, 2.24) is 9.97 Å². The zero-order valence-corrected chi connectivity index (χ0v) is 44.3. The standard InChI is InChI=1S/C29H27NO2.C20H22O3.C9H8N2.C9H11NO2/c31-28(14-11-22-4-2-1-3-5-22)19-24-8-6-23(7-9-24)12-15-29(32)20-25-10-13-27-21-30-17-16-26(27)18-25;1-23-20(22)14-12-17-7-9-18(10-8-17)15-19(21)13-11-16-5-3-2-4-6-16;10-9-2-1-8-6-11-4-3-7(8)5-9;10-8-4-1-7(2-5-8)3-6-9(11)12/h1-10,13,16-18,21H,11-12,14-15,19-20H2;2-10H,11-15H2,1H3;1-6H,10H2;1-2,4-5H,3,6,10H2,(H,11,12). The Kier molecular flexibility index (Phi) is 23.7. The second kappa shape index (κ2) is 31.7. The van der Waals surface area contributed by atoms with Crippen LogP contribution in [-0.4, -0.2) is 51.5 Å². The van der Waals surface area contributed by atoms with Crippen molar-refractivity contribution < 1.29 is 33.8 Å². The molecule has 0 aliphatic heterocycles. The van der Waals surface area contributed by atoms with Crippen LogP contribution < -0.4 is 11.5 Å². The Labute approximate surface area is 457 Å². The maximum atomic E-state index is 12.5. The van der Waals surface area contributed by atoms with Crippen molar-refractivity contribution in [2.24, 2.45) is 0 Å². The number of nitrogen functional groups attached to an aromatic ring is 2. The van der Waals surface area contributed by atoms with Crippen molar-refractivity contribution in [1.29, 1.82) is 0 Å². The average Bonchev–Trinajstić information content (AvgIpc) is 3.47. The number of carboxylic acids is 1. The summed E-state index contributed by atoms with van der Waals surface area (Å²) < 4.78 is 4.63. The number of fused-ring (bicyclic) bond motifs is 2. The molecule has 11 heteroatoms. The van der Waals surface area contributed by atoms with E-state index in [-0.39, 0.29) is 29.7 Å². The summed E-state index contributed by atoms with van der Waals surface area (Å²) in [7, 11) is 1.40. The number of Topliss-reactive ketones (excluding diaryl/α,β-unsaturated/α-hetero) is 3. The molecule has 2 aromatic heterocycles. The minimum Gasteiger partial charge on any atom is -0.481 e. The van der Waals surface area contributed by atoms with Gasteiger partial charge >= 0.3 is 11.9 Å². The first-order chi connectivity index (χ1) is 37.9. The number of anilines is 2. The third-order valence-corrected chi connectivity index (χ3v) is 12.8. The van der Waals surface area contributed by atoms with Gasteiger partial charge < -0.3 is 21.3 Å². The number of methoxy groups -OCH3 is 1. The number of ether oxygens (including phenoxy) is 1. The lowest BCUT2D eigenvalue weighted by Gasteiger charge is -2.06. The summed E-state index contributed by atoms with van der Waals surface area (Å²) in [4.78, 5) is 66.3. The largest absolute Gasteiger partial charge is 0.481 e. The molecule has 0 atom stereocenters. The molecule has 0 bridgehead atoms. The number of aliphatic carboxylic acids is 1. The minimum absolute atomic E-state index is 0.171. The van der Waals surface area contributed by atoms with Gasteiger partial charge in [0.15, 0.2) is 0 Å². The number of carboxylic acid groups (broad SMARTS) is 1. The van der Waals surface area contributed by atoms with E-state index in [1.165, 1.54) is 18.2 Å². The predicted octanol–water partition coefficient (Wildman–Crippen LogP) is 12.4. The fourth-order valence-electron chi connectivity index (χ4n) is 8.36. The molecule has 11 nitrogen and oxygen atoms in total. The van der Waals surface area contributed by atoms with Crippen molar-refractivity contribution in [2.75, 3.05) is 18.6 Å². The van der Waals surface area contributed by atoms with Crippen LogP contribution in [0.1, 0.15) is 76.6 Å². The summed E-state index contributed by atoms with van der Waals surface area (Å²) in [5.74, 6) is -0.241. The molecule has 0 unspecified atom stereocenters. The second-order valence-corrected chi connectivity index (χ2v) is 19.0. The first kappa shape index (κ1) is 58.2. The van der Waals surface area contributed by atoms with Crippen LogP contribution in [0.25, 0.3) is 21.5 Å². The van der Waals surface area contributed by atoms with E-state index in [1.54, 1.807) is 24.5 Å². The highest BCUT2D eigenvalue weighted by molar-refractivity contribution is 5.86. The highest BCUT2D eigenvalue weighted by Gasteiger charge is 2.10. The van der Waals surface area contributed by atoms with E-state index in [0.717, 1.165) is 79.9 Å². The summed E-state index contributed by atoms with van der Waals surface area (Å²) in [6.45, 7) is 0. The second-order valence-electron chi connectivity index (χ2n) is 19.0. The molecule has 0 radical (unpaired) electrons. The number of rotatable bonds is 21. The Bertz CT molecular complexity index is 3310. The molecule has 9 rings (SSSR count). The molecule has 0 aliphatic carbocycles. The molecular weight excluding hydrogens is 973 g/mol. The highest BCUT2D eigenvalue weighted by Crippen LogP contribution is 2.18. The minimum atomic E-state index is -0.771. The van der Waals surface area contributed by atoms with E-state index in [1.807, 2.05) is 164 Å². The third kappa shape index (κ3) is 21.6. The van der Waals surface area contributed by atoms with Gasteiger partial charge in [0.05, 0.1) is 7.11 Å². The Morgan fingerprint density at radius 2 is 0.744 bits per heavy atom. The molecule has 0 fully saturated rings. The molecular formula is C67H68N4O7. The lowest BCUT2D eigenvalue weighted by atomic mass is 9.99. The van der Waals surface area contributed by atoms with E-state index in [0.29, 0.717) is 63.5 Å². The maximum Gasteiger partial charge on any atom is 0.305 e. The van der Waals surface area contributed by atoms with E-state index in [2.05, 4.69) is 32.9 Å². The number of benzene rings is 7. The van der Waals surface area contributed by atoms with Gasteiger partial charge in [-0.1, -0.05) is 146 Å². The van der Waals surface area contributed by atoms with Gasteiger partial charge in [-0.05, 0) is 124 Å². The monoisotopic (exact) mass is 1040 g/mol. The van der Waals surface area contributed by atoms with Gasteiger partial charge in [0.1, 0.15) is 17.3 Å². The Morgan fingerprint density at radius 3 is 1.21 bits per heavy atom. The number of esters is 1. The molecule has 0 amide bonds. The lowest BCUT2D eigenvalue weighted by molar-refractivity contribution is -0.140. The van der Waals surface area contributed by atoms with Gasteiger partial charge in [-0.3, -0.25) is 33.9 Å². The number of nitrogens with two attached hydrogens (primary N) is 2.